The van der Waals surface area contributed by atoms with Crippen molar-refractivity contribution in [3.8, 4) is 0 Å². The van der Waals surface area contributed by atoms with Crippen molar-refractivity contribution in [1.82, 2.24) is 9.55 Å². The van der Waals surface area contributed by atoms with Gasteiger partial charge < -0.3 is 14.1 Å². The summed E-state index contributed by atoms with van der Waals surface area (Å²) in [7, 11) is 0. The number of hydrogen-bond donors (Lipinski definition) is 1. The number of aliphatic hydroxyl groups is 1. The second-order valence-corrected chi connectivity index (χ2v) is 5.09. The van der Waals surface area contributed by atoms with Gasteiger partial charge in [0.1, 0.15) is 17.4 Å². The Morgan fingerprint density at radius 1 is 1.10 bits per heavy atom. The van der Waals surface area contributed by atoms with E-state index in [2.05, 4.69) is 4.98 Å². The summed E-state index contributed by atoms with van der Waals surface area (Å²) < 4.78 is 7.64. The van der Waals surface area contributed by atoms with E-state index in [9.17, 15) is 5.11 Å². The Morgan fingerprint density at radius 2 is 1.90 bits per heavy atom. The fourth-order valence-electron chi connectivity index (χ4n) is 2.60. The molecule has 0 radical (unpaired) electrons. The minimum atomic E-state index is -0.699. The second-order valence-electron chi connectivity index (χ2n) is 5.09. The molecular formula is C17H14N2O2. The van der Waals surface area contributed by atoms with Crippen LogP contribution < -0.4 is 0 Å². The van der Waals surface area contributed by atoms with E-state index in [0.29, 0.717) is 12.3 Å². The standard InChI is InChI=1S/C17H14N2O2/c20-15(17-9-12-5-1-4-8-16(12)21-17)10-19-11-18-13-6-2-3-7-14(13)19/h1-9,11,15,20H,10H2. The fraction of sp³-hybridized carbons (Fsp3) is 0.118. The fourth-order valence-corrected chi connectivity index (χ4v) is 2.60. The zero-order chi connectivity index (χ0) is 14.2. The molecule has 1 N–H and O–H groups in total. The molecule has 2 aromatic carbocycles. The Bertz CT molecular complexity index is 874. The van der Waals surface area contributed by atoms with Gasteiger partial charge in [0, 0.05) is 5.39 Å². The van der Waals surface area contributed by atoms with Crippen molar-refractivity contribution in [3.05, 3.63) is 66.7 Å². The number of benzene rings is 2. The van der Waals surface area contributed by atoms with Crippen molar-refractivity contribution in [2.24, 2.45) is 0 Å². The summed E-state index contributed by atoms with van der Waals surface area (Å²) in [6, 6.07) is 17.5. The molecule has 0 amide bonds. The minimum absolute atomic E-state index is 0.417. The Morgan fingerprint density at radius 3 is 2.81 bits per heavy atom. The SMILES string of the molecule is OC(Cn1cnc2ccccc21)c1cc2ccccc2o1. The highest BCUT2D eigenvalue weighted by molar-refractivity contribution is 5.78. The van der Waals surface area contributed by atoms with Gasteiger partial charge in [-0.1, -0.05) is 30.3 Å². The number of hydrogen-bond acceptors (Lipinski definition) is 3. The zero-order valence-corrected chi connectivity index (χ0v) is 11.3. The molecule has 0 saturated carbocycles. The van der Waals surface area contributed by atoms with Crippen LogP contribution in [0.2, 0.25) is 0 Å². The molecule has 0 aliphatic heterocycles. The van der Waals surface area contributed by atoms with E-state index in [0.717, 1.165) is 22.0 Å². The van der Waals surface area contributed by atoms with E-state index < -0.39 is 6.10 Å². The molecule has 0 saturated heterocycles. The topological polar surface area (TPSA) is 51.2 Å². The number of furan rings is 1. The van der Waals surface area contributed by atoms with E-state index in [4.69, 9.17) is 4.42 Å². The van der Waals surface area contributed by atoms with Gasteiger partial charge >= 0.3 is 0 Å². The third kappa shape index (κ3) is 2.10. The maximum Gasteiger partial charge on any atom is 0.135 e. The minimum Gasteiger partial charge on any atom is -0.458 e. The van der Waals surface area contributed by atoms with Crippen LogP contribution in [-0.4, -0.2) is 14.7 Å². The maximum absolute atomic E-state index is 10.4. The largest absolute Gasteiger partial charge is 0.458 e. The number of aromatic nitrogens is 2. The van der Waals surface area contributed by atoms with Crippen LogP contribution in [0.3, 0.4) is 0 Å². The summed E-state index contributed by atoms with van der Waals surface area (Å²) in [5.74, 6) is 0.578. The first-order valence-corrected chi connectivity index (χ1v) is 6.88. The summed E-state index contributed by atoms with van der Waals surface area (Å²) in [4.78, 5) is 4.33. The summed E-state index contributed by atoms with van der Waals surface area (Å²) >= 11 is 0. The summed E-state index contributed by atoms with van der Waals surface area (Å²) in [6.07, 6.45) is 1.05. The number of imidazole rings is 1. The van der Waals surface area contributed by atoms with Gasteiger partial charge in [0.05, 0.1) is 23.9 Å². The van der Waals surface area contributed by atoms with E-state index in [1.165, 1.54) is 0 Å². The third-order valence-electron chi connectivity index (χ3n) is 3.67. The highest BCUT2D eigenvalue weighted by Crippen LogP contribution is 2.25. The lowest BCUT2D eigenvalue weighted by Crippen LogP contribution is -2.06. The van der Waals surface area contributed by atoms with Crippen LogP contribution >= 0.6 is 0 Å². The lowest BCUT2D eigenvalue weighted by molar-refractivity contribution is 0.134. The van der Waals surface area contributed by atoms with Crippen molar-refractivity contribution >= 4 is 22.0 Å². The molecule has 4 aromatic rings. The van der Waals surface area contributed by atoms with Crippen LogP contribution in [0.4, 0.5) is 0 Å². The van der Waals surface area contributed by atoms with Crippen molar-refractivity contribution < 1.29 is 9.52 Å². The number of rotatable bonds is 3. The Labute approximate surface area is 121 Å². The Hall–Kier alpha value is -2.59. The lowest BCUT2D eigenvalue weighted by Gasteiger charge is -2.09. The van der Waals surface area contributed by atoms with Crippen LogP contribution in [0.5, 0.6) is 0 Å². The Balaban J connectivity index is 1.67. The number of nitrogens with zero attached hydrogens (tertiary/aromatic N) is 2. The molecule has 1 unspecified atom stereocenters. The molecule has 104 valence electrons. The predicted octanol–water partition coefficient (Wildman–Crippen LogP) is 3.52. The van der Waals surface area contributed by atoms with Crippen molar-refractivity contribution in [2.75, 3.05) is 0 Å². The van der Waals surface area contributed by atoms with Gasteiger partial charge in [0.15, 0.2) is 0 Å². The van der Waals surface area contributed by atoms with Gasteiger partial charge in [0.25, 0.3) is 0 Å². The second kappa shape index (κ2) is 4.75. The molecule has 21 heavy (non-hydrogen) atoms. The van der Waals surface area contributed by atoms with Crippen molar-refractivity contribution in [1.29, 1.82) is 0 Å². The molecule has 0 spiro atoms. The van der Waals surface area contributed by atoms with Gasteiger partial charge in [-0.25, -0.2) is 4.98 Å². The smallest absolute Gasteiger partial charge is 0.135 e. The maximum atomic E-state index is 10.4. The molecule has 2 aromatic heterocycles. The van der Waals surface area contributed by atoms with Gasteiger partial charge in [-0.05, 0) is 24.3 Å². The van der Waals surface area contributed by atoms with Gasteiger partial charge in [-0.15, -0.1) is 0 Å². The van der Waals surface area contributed by atoms with Crippen LogP contribution in [-0.2, 0) is 6.54 Å². The highest BCUT2D eigenvalue weighted by Gasteiger charge is 2.15. The molecule has 4 rings (SSSR count). The predicted molar refractivity (Wildman–Crippen MR) is 80.9 cm³/mol. The Kier molecular flexibility index (Phi) is 2.75. The van der Waals surface area contributed by atoms with E-state index in [-0.39, 0.29) is 0 Å². The molecular weight excluding hydrogens is 264 g/mol. The first-order valence-electron chi connectivity index (χ1n) is 6.88. The van der Waals surface area contributed by atoms with E-state index in [1.54, 1.807) is 6.33 Å². The molecule has 1 atom stereocenters. The molecule has 2 heterocycles. The van der Waals surface area contributed by atoms with E-state index >= 15 is 0 Å². The highest BCUT2D eigenvalue weighted by atomic mass is 16.4. The molecule has 0 aliphatic rings. The van der Waals surface area contributed by atoms with Crippen LogP contribution in [0.1, 0.15) is 11.9 Å². The summed E-state index contributed by atoms with van der Waals surface area (Å²) in [6.45, 7) is 0.417. The third-order valence-corrected chi connectivity index (χ3v) is 3.67. The average molecular weight is 278 g/mol. The zero-order valence-electron chi connectivity index (χ0n) is 11.3. The first kappa shape index (κ1) is 12.2. The molecule has 0 bridgehead atoms. The molecule has 0 aliphatic carbocycles. The molecule has 4 nitrogen and oxygen atoms in total. The molecule has 0 fully saturated rings. The number of para-hydroxylation sites is 3. The van der Waals surface area contributed by atoms with Crippen molar-refractivity contribution in [2.45, 2.75) is 12.6 Å². The van der Waals surface area contributed by atoms with Gasteiger partial charge in [-0.2, -0.15) is 0 Å². The van der Waals surface area contributed by atoms with E-state index in [1.807, 2.05) is 59.2 Å². The van der Waals surface area contributed by atoms with Gasteiger partial charge in [-0.3, -0.25) is 0 Å². The quantitative estimate of drug-likeness (QED) is 0.624. The monoisotopic (exact) mass is 278 g/mol. The van der Waals surface area contributed by atoms with Gasteiger partial charge in [0.2, 0.25) is 0 Å². The molecule has 4 heteroatoms. The first-order chi connectivity index (χ1) is 10.3. The summed E-state index contributed by atoms with van der Waals surface area (Å²) in [5.41, 5.74) is 2.73. The van der Waals surface area contributed by atoms with Crippen LogP contribution in [0, 0.1) is 0 Å². The normalized spacial score (nSPS) is 13.0. The lowest BCUT2D eigenvalue weighted by atomic mass is 10.2. The summed E-state index contributed by atoms with van der Waals surface area (Å²) in [5, 5.41) is 11.4. The average Bonchev–Trinajstić information content (AvgIpc) is 3.11. The number of aliphatic hydroxyl groups excluding tert-OH is 1. The van der Waals surface area contributed by atoms with Crippen molar-refractivity contribution in [3.63, 3.8) is 0 Å². The van der Waals surface area contributed by atoms with Crippen LogP contribution in [0.15, 0.2) is 65.3 Å². The number of fused-ring (bicyclic) bond motifs is 2. The van der Waals surface area contributed by atoms with Crippen LogP contribution in [0.25, 0.3) is 22.0 Å².